The zero-order valence-electron chi connectivity index (χ0n) is 10.5. The maximum absolute atomic E-state index is 10.9. The molecule has 0 aromatic heterocycles. The van der Waals surface area contributed by atoms with Crippen LogP contribution in [0.15, 0.2) is 0 Å². The average Bonchev–Trinajstić information content (AvgIpc) is 2.64. The van der Waals surface area contributed by atoms with Crippen molar-refractivity contribution >= 4 is 5.97 Å². The largest absolute Gasteiger partial charge is 0.462 e. The number of cyclic esters (lactones) is 1. The van der Waals surface area contributed by atoms with Crippen molar-refractivity contribution in [2.45, 2.75) is 76.9 Å². The highest BCUT2D eigenvalue weighted by Crippen LogP contribution is 2.22. The van der Waals surface area contributed by atoms with Gasteiger partial charge in [-0.2, -0.15) is 0 Å². The van der Waals surface area contributed by atoms with Crippen molar-refractivity contribution in [1.29, 1.82) is 0 Å². The van der Waals surface area contributed by atoms with Crippen molar-refractivity contribution in [3.63, 3.8) is 0 Å². The van der Waals surface area contributed by atoms with E-state index in [2.05, 4.69) is 0 Å². The van der Waals surface area contributed by atoms with E-state index in [4.69, 9.17) is 4.74 Å². The summed E-state index contributed by atoms with van der Waals surface area (Å²) < 4.78 is 5.14. The van der Waals surface area contributed by atoms with Crippen LogP contribution in [0.2, 0.25) is 0 Å². The van der Waals surface area contributed by atoms with E-state index in [1.165, 1.54) is 0 Å². The Hall–Kier alpha value is -0.570. The molecule has 1 fully saturated rings. The molecule has 0 bridgehead atoms. The minimum Gasteiger partial charge on any atom is -0.462 e. The number of rotatable bonds is 7. The number of unbranched alkanes of at least 4 members (excludes halogenated alkanes) is 2. The lowest BCUT2D eigenvalue weighted by atomic mass is 9.95. The molecular weight excluding hydrogens is 204 g/mol. The third-order valence-electron chi connectivity index (χ3n) is 3.47. The van der Waals surface area contributed by atoms with Crippen LogP contribution in [-0.4, -0.2) is 22.8 Å². The summed E-state index contributed by atoms with van der Waals surface area (Å²) in [6, 6.07) is 0. The van der Waals surface area contributed by atoms with Gasteiger partial charge in [-0.25, -0.2) is 0 Å². The first-order valence-corrected chi connectivity index (χ1v) is 6.45. The van der Waals surface area contributed by atoms with Gasteiger partial charge in [-0.15, -0.1) is 0 Å². The van der Waals surface area contributed by atoms with E-state index >= 15 is 0 Å². The number of carbonyl (C=O) groups is 1. The molecule has 3 nitrogen and oxygen atoms in total. The van der Waals surface area contributed by atoms with Crippen molar-refractivity contribution < 1.29 is 14.6 Å². The van der Waals surface area contributed by atoms with Crippen LogP contribution < -0.4 is 0 Å². The summed E-state index contributed by atoms with van der Waals surface area (Å²) in [5, 5.41) is 9.80. The molecule has 3 heteroatoms. The van der Waals surface area contributed by atoms with E-state index in [0.717, 1.165) is 44.9 Å². The molecule has 0 saturated carbocycles. The fourth-order valence-electron chi connectivity index (χ4n) is 2.02. The summed E-state index contributed by atoms with van der Waals surface area (Å²) in [5.74, 6) is -0.0427. The van der Waals surface area contributed by atoms with E-state index < -0.39 is 5.60 Å². The van der Waals surface area contributed by atoms with E-state index in [-0.39, 0.29) is 12.1 Å². The lowest BCUT2D eigenvalue weighted by molar-refractivity contribution is -0.141. The standard InChI is InChI=1S/C13H24O3/c1-3-13(2,15)10-6-4-5-7-11-8-9-12(14)16-11/h11,15H,3-10H2,1-2H3. The first-order valence-electron chi connectivity index (χ1n) is 6.45. The fraction of sp³-hybridized carbons (Fsp3) is 0.923. The van der Waals surface area contributed by atoms with Crippen molar-refractivity contribution in [3.8, 4) is 0 Å². The maximum Gasteiger partial charge on any atom is 0.306 e. The Bertz CT molecular complexity index is 223. The minimum atomic E-state index is -0.500. The van der Waals surface area contributed by atoms with Crippen LogP contribution in [0, 0.1) is 0 Å². The molecule has 2 unspecified atom stereocenters. The second-order valence-corrected chi connectivity index (χ2v) is 5.10. The summed E-state index contributed by atoms with van der Waals surface area (Å²) in [6.45, 7) is 3.91. The highest BCUT2D eigenvalue weighted by Gasteiger charge is 2.22. The summed E-state index contributed by atoms with van der Waals surface area (Å²) in [5.41, 5.74) is -0.500. The molecule has 16 heavy (non-hydrogen) atoms. The highest BCUT2D eigenvalue weighted by atomic mass is 16.5. The third kappa shape index (κ3) is 4.97. The van der Waals surface area contributed by atoms with Crippen molar-refractivity contribution in [1.82, 2.24) is 0 Å². The molecular formula is C13H24O3. The first-order chi connectivity index (χ1) is 7.53. The highest BCUT2D eigenvalue weighted by molar-refractivity contribution is 5.71. The summed E-state index contributed by atoms with van der Waals surface area (Å²) in [7, 11) is 0. The molecule has 94 valence electrons. The molecule has 1 N–H and O–H groups in total. The lowest BCUT2D eigenvalue weighted by Crippen LogP contribution is -2.22. The van der Waals surface area contributed by atoms with Gasteiger partial charge < -0.3 is 9.84 Å². The van der Waals surface area contributed by atoms with E-state index in [1.54, 1.807) is 0 Å². The Balaban J connectivity index is 1.98. The molecule has 2 atom stereocenters. The molecule has 1 heterocycles. The predicted molar refractivity (Wildman–Crippen MR) is 63.1 cm³/mol. The molecule has 1 saturated heterocycles. The van der Waals surface area contributed by atoms with Crippen LogP contribution in [0.5, 0.6) is 0 Å². The third-order valence-corrected chi connectivity index (χ3v) is 3.47. The molecule has 0 aliphatic carbocycles. The van der Waals surface area contributed by atoms with Crippen LogP contribution >= 0.6 is 0 Å². The Morgan fingerprint density at radius 2 is 2.19 bits per heavy atom. The average molecular weight is 228 g/mol. The Morgan fingerprint density at radius 1 is 1.44 bits per heavy atom. The van der Waals surface area contributed by atoms with E-state index in [0.29, 0.717) is 6.42 Å². The minimum absolute atomic E-state index is 0.0427. The summed E-state index contributed by atoms with van der Waals surface area (Å²) in [6.07, 6.45) is 7.59. The molecule has 0 spiro atoms. The molecule has 0 aromatic carbocycles. The Morgan fingerprint density at radius 3 is 2.75 bits per heavy atom. The van der Waals surface area contributed by atoms with Crippen molar-refractivity contribution in [3.05, 3.63) is 0 Å². The zero-order valence-corrected chi connectivity index (χ0v) is 10.5. The Labute approximate surface area is 98.2 Å². The Kier molecular flexibility index (Phi) is 5.26. The van der Waals surface area contributed by atoms with Crippen LogP contribution in [0.4, 0.5) is 0 Å². The topological polar surface area (TPSA) is 46.5 Å². The number of aliphatic hydroxyl groups is 1. The molecule has 0 radical (unpaired) electrons. The van der Waals surface area contributed by atoms with Gasteiger partial charge in [0, 0.05) is 6.42 Å². The normalized spacial score (nSPS) is 24.2. The van der Waals surface area contributed by atoms with Gasteiger partial charge in [0.2, 0.25) is 0 Å². The van der Waals surface area contributed by atoms with Gasteiger partial charge in [0.15, 0.2) is 0 Å². The first kappa shape index (κ1) is 13.5. The fourth-order valence-corrected chi connectivity index (χ4v) is 2.02. The number of carbonyl (C=O) groups excluding carboxylic acids is 1. The summed E-state index contributed by atoms with van der Waals surface area (Å²) >= 11 is 0. The number of hydrogen-bond acceptors (Lipinski definition) is 3. The van der Waals surface area contributed by atoms with Gasteiger partial charge in [0.25, 0.3) is 0 Å². The maximum atomic E-state index is 10.9. The van der Waals surface area contributed by atoms with Crippen LogP contribution in [0.1, 0.15) is 65.2 Å². The van der Waals surface area contributed by atoms with Crippen LogP contribution in [0.25, 0.3) is 0 Å². The zero-order chi connectivity index (χ0) is 12.0. The van der Waals surface area contributed by atoms with Crippen molar-refractivity contribution in [2.24, 2.45) is 0 Å². The molecule has 1 aliphatic rings. The second kappa shape index (κ2) is 6.24. The van der Waals surface area contributed by atoms with E-state index in [1.807, 2.05) is 13.8 Å². The summed E-state index contributed by atoms with van der Waals surface area (Å²) in [4.78, 5) is 10.9. The van der Waals surface area contributed by atoms with Gasteiger partial charge in [0.05, 0.1) is 5.60 Å². The predicted octanol–water partition coefficient (Wildman–Crippen LogP) is 2.80. The lowest BCUT2D eigenvalue weighted by Gasteiger charge is -2.20. The quantitative estimate of drug-likeness (QED) is 0.538. The van der Waals surface area contributed by atoms with Gasteiger partial charge in [0.1, 0.15) is 6.10 Å². The number of esters is 1. The number of hydrogen-bond donors (Lipinski definition) is 1. The molecule has 1 aliphatic heterocycles. The molecule has 0 amide bonds. The number of ether oxygens (including phenoxy) is 1. The smallest absolute Gasteiger partial charge is 0.306 e. The van der Waals surface area contributed by atoms with Gasteiger partial charge in [-0.1, -0.05) is 19.8 Å². The van der Waals surface area contributed by atoms with Crippen molar-refractivity contribution in [2.75, 3.05) is 0 Å². The van der Waals surface area contributed by atoms with E-state index in [9.17, 15) is 9.90 Å². The van der Waals surface area contributed by atoms with Gasteiger partial charge in [-0.05, 0) is 39.0 Å². The SMILES string of the molecule is CCC(C)(O)CCCCCC1CCC(=O)O1. The second-order valence-electron chi connectivity index (χ2n) is 5.10. The monoisotopic (exact) mass is 228 g/mol. The van der Waals surface area contributed by atoms with Gasteiger partial charge >= 0.3 is 5.97 Å². The molecule has 0 aromatic rings. The van der Waals surface area contributed by atoms with Crippen LogP contribution in [0.3, 0.4) is 0 Å². The molecule has 1 rings (SSSR count). The van der Waals surface area contributed by atoms with Gasteiger partial charge in [-0.3, -0.25) is 4.79 Å². The van der Waals surface area contributed by atoms with Crippen LogP contribution in [-0.2, 0) is 9.53 Å².